The molecule has 1 aliphatic rings. The van der Waals surface area contributed by atoms with Crippen molar-refractivity contribution in [3.63, 3.8) is 0 Å². The lowest BCUT2D eigenvalue weighted by Crippen LogP contribution is -2.48. The number of nitrogens with one attached hydrogen (secondary N) is 1. The Labute approximate surface area is 104 Å². The first kappa shape index (κ1) is 14.5. The predicted octanol–water partition coefficient (Wildman–Crippen LogP) is 1.14. The Bertz CT molecular complexity index is 229. The smallest absolute Gasteiger partial charge is 0.234 e. The van der Waals surface area contributed by atoms with Crippen LogP contribution < -0.4 is 5.32 Å². The molecule has 1 saturated carbocycles. The van der Waals surface area contributed by atoms with E-state index in [1.807, 2.05) is 6.92 Å². The Balaban J connectivity index is 2.30. The fraction of sp³-hybridized carbons (Fsp3) is 0.923. The van der Waals surface area contributed by atoms with E-state index in [2.05, 4.69) is 17.1 Å². The topological polar surface area (TPSA) is 52.6 Å². The first-order valence-corrected chi connectivity index (χ1v) is 6.81. The van der Waals surface area contributed by atoms with Crippen molar-refractivity contribution in [3.05, 3.63) is 0 Å². The first-order valence-electron chi connectivity index (χ1n) is 6.81. The van der Waals surface area contributed by atoms with Crippen LogP contribution >= 0.6 is 0 Å². The van der Waals surface area contributed by atoms with Gasteiger partial charge in [-0.05, 0) is 26.2 Å². The number of nitrogens with zero attached hydrogens (tertiary/aromatic N) is 1. The van der Waals surface area contributed by atoms with E-state index in [9.17, 15) is 4.79 Å². The number of aliphatic hydroxyl groups excluding tert-OH is 1. The number of amides is 1. The van der Waals surface area contributed by atoms with Crippen LogP contribution in [0.5, 0.6) is 0 Å². The van der Waals surface area contributed by atoms with Crippen LogP contribution in [0.2, 0.25) is 0 Å². The van der Waals surface area contributed by atoms with Crippen molar-refractivity contribution in [3.8, 4) is 0 Å². The average molecular weight is 242 g/mol. The largest absolute Gasteiger partial charge is 0.395 e. The lowest BCUT2D eigenvalue weighted by Gasteiger charge is -2.36. The summed E-state index contributed by atoms with van der Waals surface area (Å²) in [4.78, 5) is 13.9. The summed E-state index contributed by atoms with van der Waals surface area (Å²) in [5.74, 6) is 0.0892. The number of carbonyl (C=O) groups excluding carboxylic acids is 1. The number of carbonyl (C=O) groups is 1. The molecule has 1 rings (SSSR count). The summed E-state index contributed by atoms with van der Waals surface area (Å²) >= 11 is 0. The molecule has 100 valence electrons. The number of aliphatic hydroxyl groups is 1. The van der Waals surface area contributed by atoms with Gasteiger partial charge < -0.3 is 10.4 Å². The van der Waals surface area contributed by atoms with Crippen LogP contribution in [-0.4, -0.2) is 47.7 Å². The van der Waals surface area contributed by atoms with E-state index in [1.165, 1.54) is 6.42 Å². The van der Waals surface area contributed by atoms with Gasteiger partial charge in [0.1, 0.15) is 0 Å². The second-order valence-corrected chi connectivity index (χ2v) is 5.04. The molecule has 0 heterocycles. The monoisotopic (exact) mass is 242 g/mol. The molecule has 4 nitrogen and oxygen atoms in total. The highest BCUT2D eigenvalue weighted by molar-refractivity contribution is 5.78. The van der Waals surface area contributed by atoms with Gasteiger partial charge in [-0.3, -0.25) is 9.69 Å². The van der Waals surface area contributed by atoms with Gasteiger partial charge in [-0.25, -0.2) is 0 Å². The van der Waals surface area contributed by atoms with Gasteiger partial charge in [0, 0.05) is 18.6 Å². The molecule has 0 aliphatic heterocycles. The zero-order chi connectivity index (χ0) is 12.7. The summed E-state index contributed by atoms with van der Waals surface area (Å²) in [5, 5.41) is 12.0. The Kier molecular flexibility index (Phi) is 6.52. The zero-order valence-electron chi connectivity index (χ0n) is 11.1. The minimum Gasteiger partial charge on any atom is -0.395 e. The highest BCUT2D eigenvalue weighted by Crippen LogP contribution is 2.24. The van der Waals surface area contributed by atoms with Gasteiger partial charge in [0.05, 0.1) is 13.2 Å². The van der Waals surface area contributed by atoms with Gasteiger partial charge in [0.15, 0.2) is 0 Å². The van der Waals surface area contributed by atoms with Crippen LogP contribution in [0.25, 0.3) is 0 Å². The van der Waals surface area contributed by atoms with E-state index < -0.39 is 0 Å². The zero-order valence-corrected chi connectivity index (χ0v) is 11.1. The molecule has 1 unspecified atom stereocenters. The molecule has 0 saturated heterocycles. The summed E-state index contributed by atoms with van der Waals surface area (Å²) in [5.41, 5.74) is 0. The molecule has 4 heteroatoms. The van der Waals surface area contributed by atoms with E-state index in [1.54, 1.807) is 0 Å². The molecule has 1 atom stereocenters. The van der Waals surface area contributed by atoms with Crippen molar-refractivity contribution in [2.75, 3.05) is 19.7 Å². The molecule has 1 aliphatic carbocycles. The highest BCUT2D eigenvalue weighted by atomic mass is 16.3. The van der Waals surface area contributed by atoms with E-state index in [4.69, 9.17) is 5.11 Å². The first-order chi connectivity index (χ1) is 8.17. The lowest BCUT2D eigenvalue weighted by atomic mass is 9.91. The van der Waals surface area contributed by atoms with Gasteiger partial charge in [-0.15, -0.1) is 0 Å². The van der Waals surface area contributed by atoms with Crippen LogP contribution in [0.3, 0.4) is 0 Å². The molecule has 0 aromatic carbocycles. The molecule has 0 bridgehead atoms. The maximum Gasteiger partial charge on any atom is 0.234 e. The molecule has 0 radical (unpaired) electrons. The summed E-state index contributed by atoms with van der Waals surface area (Å²) in [6.45, 7) is 5.34. The Morgan fingerprint density at radius 2 is 2.24 bits per heavy atom. The third-order valence-corrected chi connectivity index (χ3v) is 3.45. The SMILES string of the molecule is CCCC(C)NC(=O)CN(CCO)C1CCC1. The van der Waals surface area contributed by atoms with Crippen LogP contribution in [0.1, 0.15) is 46.0 Å². The van der Waals surface area contributed by atoms with Crippen molar-refractivity contribution in [2.24, 2.45) is 0 Å². The number of hydrogen-bond acceptors (Lipinski definition) is 3. The molecule has 0 aromatic heterocycles. The molecule has 0 spiro atoms. The molecule has 1 fully saturated rings. The van der Waals surface area contributed by atoms with Crippen molar-refractivity contribution >= 4 is 5.91 Å². The highest BCUT2D eigenvalue weighted by Gasteiger charge is 2.26. The molecular formula is C13H26N2O2. The minimum atomic E-state index is 0.0892. The summed E-state index contributed by atoms with van der Waals surface area (Å²) in [6, 6.07) is 0.763. The maximum absolute atomic E-state index is 11.8. The number of rotatable bonds is 8. The molecule has 0 aromatic rings. The van der Waals surface area contributed by atoms with Gasteiger partial charge >= 0.3 is 0 Å². The van der Waals surface area contributed by atoms with Crippen LogP contribution in [0.4, 0.5) is 0 Å². The summed E-state index contributed by atoms with van der Waals surface area (Å²) < 4.78 is 0. The van der Waals surface area contributed by atoms with Crippen molar-refractivity contribution in [1.82, 2.24) is 10.2 Å². The average Bonchev–Trinajstić information content (AvgIpc) is 2.14. The second kappa shape index (κ2) is 7.67. The summed E-state index contributed by atoms with van der Waals surface area (Å²) in [7, 11) is 0. The van der Waals surface area contributed by atoms with E-state index in [0.717, 1.165) is 25.7 Å². The Hall–Kier alpha value is -0.610. The fourth-order valence-electron chi connectivity index (χ4n) is 2.28. The predicted molar refractivity (Wildman–Crippen MR) is 68.8 cm³/mol. The minimum absolute atomic E-state index is 0.0892. The quantitative estimate of drug-likeness (QED) is 0.671. The molecule has 1 amide bonds. The van der Waals surface area contributed by atoms with Crippen LogP contribution in [0, 0.1) is 0 Å². The van der Waals surface area contributed by atoms with Crippen molar-refractivity contribution < 1.29 is 9.90 Å². The van der Waals surface area contributed by atoms with Crippen LogP contribution in [0.15, 0.2) is 0 Å². The van der Waals surface area contributed by atoms with Gasteiger partial charge in [0.2, 0.25) is 5.91 Å². The van der Waals surface area contributed by atoms with E-state index in [0.29, 0.717) is 19.1 Å². The van der Waals surface area contributed by atoms with Gasteiger partial charge in [-0.2, -0.15) is 0 Å². The fourth-order valence-corrected chi connectivity index (χ4v) is 2.28. The Morgan fingerprint density at radius 3 is 2.71 bits per heavy atom. The van der Waals surface area contributed by atoms with Crippen molar-refractivity contribution in [2.45, 2.75) is 58.0 Å². The van der Waals surface area contributed by atoms with Crippen LogP contribution in [-0.2, 0) is 4.79 Å². The Morgan fingerprint density at radius 1 is 1.53 bits per heavy atom. The maximum atomic E-state index is 11.8. The van der Waals surface area contributed by atoms with Crippen molar-refractivity contribution in [1.29, 1.82) is 0 Å². The second-order valence-electron chi connectivity index (χ2n) is 5.04. The van der Waals surface area contributed by atoms with E-state index >= 15 is 0 Å². The normalized spacial score (nSPS) is 17.9. The summed E-state index contributed by atoms with van der Waals surface area (Å²) in [6.07, 6.45) is 5.69. The molecule has 17 heavy (non-hydrogen) atoms. The molecule has 2 N–H and O–H groups in total. The lowest BCUT2D eigenvalue weighted by molar-refractivity contribution is -0.124. The van der Waals surface area contributed by atoms with Gasteiger partial charge in [0.25, 0.3) is 0 Å². The van der Waals surface area contributed by atoms with Gasteiger partial charge in [-0.1, -0.05) is 19.8 Å². The third kappa shape index (κ3) is 5.04. The molecular weight excluding hydrogens is 216 g/mol. The number of hydrogen-bond donors (Lipinski definition) is 2. The third-order valence-electron chi connectivity index (χ3n) is 3.45. The van der Waals surface area contributed by atoms with E-state index in [-0.39, 0.29) is 18.6 Å². The standard InChI is InChI=1S/C13H26N2O2/c1-3-5-11(2)14-13(17)10-15(8-9-16)12-6-4-7-12/h11-12,16H,3-10H2,1-2H3,(H,14,17).